The van der Waals surface area contributed by atoms with E-state index >= 15 is 0 Å². The maximum atomic E-state index is 13.2. The maximum absolute atomic E-state index is 13.2. The van der Waals surface area contributed by atoms with E-state index in [1.807, 2.05) is 42.5 Å². The summed E-state index contributed by atoms with van der Waals surface area (Å²) in [5, 5.41) is 12.5. The van der Waals surface area contributed by atoms with E-state index in [2.05, 4.69) is 10.3 Å². The highest BCUT2D eigenvalue weighted by molar-refractivity contribution is 5.98. The van der Waals surface area contributed by atoms with Gasteiger partial charge in [0.2, 0.25) is 0 Å². The first-order valence-electron chi connectivity index (χ1n) is 13.9. The van der Waals surface area contributed by atoms with Crippen molar-refractivity contribution in [2.75, 3.05) is 6.54 Å². The molecule has 0 saturated carbocycles. The molecule has 9 heteroatoms. The summed E-state index contributed by atoms with van der Waals surface area (Å²) in [6, 6.07) is 27.1. The highest BCUT2D eigenvalue weighted by Gasteiger charge is 2.28. The normalized spacial score (nSPS) is 11.5. The molecule has 43 heavy (non-hydrogen) atoms. The number of aromatic nitrogens is 2. The number of fused-ring (bicyclic) bond motifs is 1. The van der Waals surface area contributed by atoms with Gasteiger partial charge in [-0.05, 0) is 59.4 Å². The molecule has 0 bridgehead atoms. The molecule has 1 aromatic heterocycles. The standard InChI is InChI=1S/C34H30F3N3O3/c1-22-19-26(32(41)38-18-16-23-7-3-2-4-8-23)20-29-31(22)39-30(15-17-34(35,36)37)40(29)21-24-11-13-25(14-12-24)27-9-5-6-10-28(27)33(42)43/h2-14,19-20H,15-18,21H2,1H3,(H,38,41)(H,42,43). The Hall–Kier alpha value is -4.92. The Kier molecular flexibility index (Phi) is 8.61. The van der Waals surface area contributed by atoms with Gasteiger partial charge in [0.15, 0.2) is 0 Å². The van der Waals surface area contributed by atoms with Crippen molar-refractivity contribution >= 4 is 22.9 Å². The number of alkyl halides is 3. The summed E-state index contributed by atoms with van der Waals surface area (Å²) in [6.07, 6.45) is -5.01. The highest BCUT2D eigenvalue weighted by Crippen LogP contribution is 2.29. The molecule has 2 N–H and O–H groups in total. The molecule has 1 amide bonds. The minimum absolute atomic E-state index is 0.176. The zero-order valence-electron chi connectivity index (χ0n) is 23.5. The minimum Gasteiger partial charge on any atom is -0.478 e. The van der Waals surface area contributed by atoms with Crippen LogP contribution in [-0.2, 0) is 19.4 Å². The number of amides is 1. The Morgan fingerprint density at radius 1 is 0.884 bits per heavy atom. The Balaban J connectivity index is 1.45. The zero-order valence-corrected chi connectivity index (χ0v) is 23.5. The second-order valence-electron chi connectivity index (χ2n) is 10.4. The number of rotatable bonds is 10. The number of nitrogens with one attached hydrogen (secondary N) is 1. The first kappa shape index (κ1) is 29.6. The van der Waals surface area contributed by atoms with E-state index in [0.29, 0.717) is 46.3 Å². The topological polar surface area (TPSA) is 84.2 Å². The van der Waals surface area contributed by atoms with Gasteiger partial charge in [0.1, 0.15) is 5.82 Å². The predicted molar refractivity (Wildman–Crippen MR) is 159 cm³/mol. The highest BCUT2D eigenvalue weighted by atomic mass is 19.4. The van der Waals surface area contributed by atoms with E-state index in [9.17, 15) is 27.9 Å². The number of hydrogen-bond donors (Lipinski definition) is 2. The van der Waals surface area contributed by atoms with E-state index < -0.39 is 18.6 Å². The van der Waals surface area contributed by atoms with E-state index in [-0.39, 0.29) is 30.3 Å². The van der Waals surface area contributed by atoms with Gasteiger partial charge in [-0.2, -0.15) is 13.2 Å². The van der Waals surface area contributed by atoms with Crippen LogP contribution in [0.15, 0.2) is 91.0 Å². The lowest BCUT2D eigenvalue weighted by Crippen LogP contribution is -2.25. The van der Waals surface area contributed by atoms with E-state index in [4.69, 9.17) is 0 Å². The van der Waals surface area contributed by atoms with Crippen molar-refractivity contribution < 1.29 is 27.9 Å². The fourth-order valence-corrected chi connectivity index (χ4v) is 5.15. The molecule has 0 aliphatic heterocycles. The number of aromatic carboxylic acids is 1. The molecular formula is C34H30F3N3O3. The molecule has 220 valence electrons. The number of aryl methyl sites for hydroxylation is 2. The summed E-state index contributed by atoms with van der Waals surface area (Å²) in [5.74, 6) is -1.03. The van der Waals surface area contributed by atoms with E-state index in [0.717, 1.165) is 11.1 Å². The van der Waals surface area contributed by atoms with Crippen LogP contribution in [0.25, 0.3) is 22.2 Å². The number of halogens is 3. The fraction of sp³-hybridized carbons (Fsp3) is 0.206. The lowest BCUT2D eigenvalue weighted by atomic mass is 9.98. The Morgan fingerprint density at radius 2 is 1.58 bits per heavy atom. The van der Waals surface area contributed by atoms with Crippen LogP contribution in [0.1, 0.15) is 49.7 Å². The van der Waals surface area contributed by atoms with Crippen LogP contribution in [0.3, 0.4) is 0 Å². The van der Waals surface area contributed by atoms with Crippen LogP contribution in [0, 0.1) is 6.92 Å². The van der Waals surface area contributed by atoms with Crippen LogP contribution in [0.5, 0.6) is 0 Å². The molecule has 0 fully saturated rings. The average Bonchev–Trinajstić information content (AvgIpc) is 3.34. The summed E-state index contributed by atoms with van der Waals surface area (Å²) in [7, 11) is 0. The van der Waals surface area contributed by atoms with Gasteiger partial charge < -0.3 is 15.0 Å². The summed E-state index contributed by atoms with van der Waals surface area (Å²) in [6.45, 7) is 2.46. The molecule has 0 saturated heterocycles. The molecule has 0 radical (unpaired) electrons. The second kappa shape index (κ2) is 12.5. The third kappa shape index (κ3) is 7.12. The molecule has 0 spiro atoms. The van der Waals surface area contributed by atoms with Gasteiger partial charge in [-0.1, -0.05) is 72.8 Å². The van der Waals surface area contributed by atoms with Gasteiger partial charge in [-0.15, -0.1) is 0 Å². The number of hydrogen-bond acceptors (Lipinski definition) is 3. The van der Waals surface area contributed by atoms with Gasteiger partial charge >= 0.3 is 12.1 Å². The van der Waals surface area contributed by atoms with E-state index in [1.165, 1.54) is 6.07 Å². The molecule has 6 nitrogen and oxygen atoms in total. The van der Waals surface area contributed by atoms with Crippen molar-refractivity contribution in [1.82, 2.24) is 14.9 Å². The number of carbonyl (C=O) groups is 2. The second-order valence-corrected chi connectivity index (χ2v) is 10.4. The summed E-state index contributed by atoms with van der Waals surface area (Å²) in [5.41, 5.74) is 5.56. The van der Waals surface area contributed by atoms with Crippen molar-refractivity contribution in [3.8, 4) is 11.1 Å². The number of carboxylic acids is 1. The first-order valence-corrected chi connectivity index (χ1v) is 13.9. The predicted octanol–water partition coefficient (Wildman–Crippen LogP) is 7.23. The van der Waals surface area contributed by atoms with Crippen LogP contribution in [0.4, 0.5) is 13.2 Å². The summed E-state index contributed by atoms with van der Waals surface area (Å²) < 4.78 is 41.4. The monoisotopic (exact) mass is 585 g/mol. The number of imidazole rings is 1. The molecule has 4 aromatic carbocycles. The molecule has 0 atom stereocenters. The van der Waals surface area contributed by atoms with Crippen molar-refractivity contribution in [1.29, 1.82) is 0 Å². The molecule has 0 aliphatic carbocycles. The lowest BCUT2D eigenvalue weighted by molar-refractivity contribution is -0.134. The lowest BCUT2D eigenvalue weighted by Gasteiger charge is -2.13. The molecule has 0 unspecified atom stereocenters. The molecule has 5 rings (SSSR count). The average molecular weight is 586 g/mol. The molecule has 0 aliphatic rings. The largest absolute Gasteiger partial charge is 0.478 e. The number of carbonyl (C=O) groups excluding carboxylic acids is 1. The van der Waals surface area contributed by atoms with Gasteiger partial charge in [-0.25, -0.2) is 9.78 Å². The van der Waals surface area contributed by atoms with Crippen molar-refractivity contribution in [2.24, 2.45) is 0 Å². The van der Waals surface area contributed by atoms with Crippen LogP contribution in [0.2, 0.25) is 0 Å². The number of benzene rings is 4. The summed E-state index contributed by atoms with van der Waals surface area (Å²) in [4.78, 5) is 29.3. The van der Waals surface area contributed by atoms with Crippen molar-refractivity contribution in [3.05, 3.63) is 125 Å². The molecule has 5 aromatic rings. The van der Waals surface area contributed by atoms with Crippen LogP contribution in [-0.4, -0.2) is 39.3 Å². The smallest absolute Gasteiger partial charge is 0.389 e. The van der Waals surface area contributed by atoms with Crippen LogP contribution < -0.4 is 5.32 Å². The SMILES string of the molecule is Cc1cc(C(=O)NCCc2ccccc2)cc2c1nc(CCC(F)(F)F)n2Cc1ccc(-c2ccccc2C(=O)O)cc1. The van der Waals surface area contributed by atoms with Crippen LogP contribution >= 0.6 is 0 Å². The third-order valence-electron chi connectivity index (χ3n) is 7.32. The third-order valence-corrected chi connectivity index (χ3v) is 7.32. The minimum atomic E-state index is -4.35. The quantitative estimate of drug-likeness (QED) is 0.181. The van der Waals surface area contributed by atoms with Crippen molar-refractivity contribution in [2.45, 2.75) is 38.9 Å². The Labute approximate surface area is 246 Å². The van der Waals surface area contributed by atoms with Gasteiger partial charge in [-0.3, -0.25) is 4.79 Å². The number of carboxylic acid groups (broad SMARTS) is 1. The summed E-state index contributed by atoms with van der Waals surface area (Å²) >= 11 is 0. The fourth-order valence-electron chi connectivity index (χ4n) is 5.15. The Morgan fingerprint density at radius 3 is 2.28 bits per heavy atom. The number of nitrogens with zero attached hydrogens (tertiary/aromatic N) is 2. The first-order chi connectivity index (χ1) is 20.6. The maximum Gasteiger partial charge on any atom is 0.389 e. The van der Waals surface area contributed by atoms with E-state index in [1.54, 1.807) is 54.0 Å². The van der Waals surface area contributed by atoms with Gasteiger partial charge in [0.05, 0.1) is 23.0 Å². The van der Waals surface area contributed by atoms with Crippen molar-refractivity contribution in [3.63, 3.8) is 0 Å². The Bertz CT molecular complexity index is 1760. The zero-order chi connectivity index (χ0) is 30.6. The van der Waals surface area contributed by atoms with Gasteiger partial charge in [0, 0.05) is 25.1 Å². The molecular weight excluding hydrogens is 555 g/mol. The molecule has 1 heterocycles. The van der Waals surface area contributed by atoms with Gasteiger partial charge in [0.25, 0.3) is 5.91 Å².